The van der Waals surface area contributed by atoms with Crippen LogP contribution in [0.5, 0.6) is 0 Å². The highest BCUT2D eigenvalue weighted by Crippen LogP contribution is 2.33. The van der Waals surface area contributed by atoms with Crippen LogP contribution in [0.2, 0.25) is 5.02 Å². The van der Waals surface area contributed by atoms with Crippen molar-refractivity contribution >= 4 is 52.6 Å². The Morgan fingerprint density at radius 3 is 2.65 bits per heavy atom. The van der Waals surface area contributed by atoms with E-state index in [1.807, 2.05) is 55.6 Å². The third-order valence-electron chi connectivity index (χ3n) is 3.68. The van der Waals surface area contributed by atoms with Gasteiger partial charge in [0.05, 0.1) is 22.6 Å². The van der Waals surface area contributed by atoms with Gasteiger partial charge in [0, 0.05) is 21.0 Å². The third kappa shape index (κ3) is 4.55. The second kappa shape index (κ2) is 8.54. The first-order valence-electron chi connectivity index (χ1n) is 7.82. The fourth-order valence-corrected chi connectivity index (χ4v) is 4.43. The molecule has 0 spiro atoms. The first-order chi connectivity index (χ1) is 12.6. The van der Waals surface area contributed by atoms with Crippen LogP contribution in [0.25, 0.3) is 0 Å². The van der Waals surface area contributed by atoms with Gasteiger partial charge in [-0.25, -0.2) is 4.79 Å². The lowest BCUT2D eigenvalue weighted by Gasteiger charge is -2.05. The van der Waals surface area contributed by atoms with E-state index >= 15 is 0 Å². The predicted molar refractivity (Wildman–Crippen MR) is 110 cm³/mol. The minimum atomic E-state index is -0.350. The molecule has 0 bridgehead atoms. The highest BCUT2D eigenvalue weighted by atomic mass is 35.5. The molecule has 6 heteroatoms. The molecule has 0 aliphatic carbocycles. The number of halogens is 1. The third-order valence-corrected chi connectivity index (χ3v) is 6.09. The van der Waals surface area contributed by atoms with Crippen LogP contribution in [0.3, 0.4) is 0 Å². The minimum absolute atomic E-state index is 0.350. The maximum absolute atomic E-state index is 11.8. The number of esters is 1. The van der Waals surface area contributed by atoms with Crippen LogP contribution in [0.15, 0.2) is 68.7 Å². The largest absolute Gasteiger partial charge is 0.465 e. The Morgan fingerprint density at radius 2 is 1.92 bits per heavy atom. The van der Waals surface area contributed by atoms with Crippen molar-refractivity contribution in [2.24, 2.45) is 4.99 Å². The summed E-state index contributed by atoms with van der Waals surface area (Å²) < 4.78 is 5.98. The summed E-state index contributed by atoms with van der Waals surface area (Å²) in [6.07, 6.45) is 1.82. The van der Waals surface area contributed by atoms with Crippen LogP contribution in [-0.4, -0.2) is 19.3 Å². The number of carbonyl (C=O) groups is 1. The maximum atomic E-state index is 11.8. The lowest BCUT2D eigenvalue weighted by Crippen LogP contribution is -2.03. The lowest BCUT2D eigenvalue weighted by atomic mass is 10.1. The number of hydrogen-bond acceptors (Lipinski definition) is 5. The molecule has 0 N–H and O–H groups in total. The standard InChI is InChI=1S/C20H16ClNO2S2/c1-13-17(20(23)24-2)4-3-5-18(13)22-12-16-10-11-19(26-16)25-15-8-6-14(21)7-9-15/h3-12H,1-2H3. The Bertz CT molecular complexity index is 949. The van der Waals surface area contributed by atoms with Crippen LogP contribution in [0.4, 0.5) is 5.69 Å². The molecule has 0 saturated heterocycles. The Kier molecular flexibility index (Phi) is 6.14. The molecule has 0 unspecified atom stereocenters. The molecule has 26 heavy (non-hydrogen) atoms. The summed E-state index contributed by atoms with van der Waals surface area (Å²) in [5.41, 5.74) is 2.10. The molecular formula is C20H16ClNO2S2. The van der Waals surface area contributed by atoms with Gasteiger partial charge in [0.15, 0.2) is 0 Å². The van der Waals surface area contributed by atoms with Gasteiger partial charge in [-0.05, 0) is 61.0 Å². The maximum Gasteiger partial charge on any atom is 0.338 e. The van der Waals surface area contributed by atoms with Gasteiger partial charge in [-0.15, -0.1) is 11.3 Å². The second-order valence-electron chi connectivity index (χ2n) is 5.41. The quantitative estimate of drug-likeness (QED) is 0.366. The highest BCUT2D eigenvalue weighted by molar-refractivity contribution is 8.01. The van der Waals surface area contributed by atoms with E-state index in [4.69, 9.17) is 16.3 Å². The fourth-order valence-electron chi connectivity index (χ4n) is 2.30. The summed E-state index contributed by atoms with van der Waals surface area (Å²) >= 11 is 9.27. The van der Waals surface area contributed by atoms with Crippen molar-refractivity contribution in [3.05, 3.63) is 75.6 Å². The molecule has 132 valence electrons. The molecule has 0 fully saturated rings. The average molecular weight is 402 g/mol. The summed E-state index contributed by atoms with van der Waals surface area (Å²) in [6, 6.07) is 17.3. The van der Waals surface area contributed by atoms with Crippen LogP contribution >= 0.6 is 34.7 Å². The van der Waals surface area contributed by atoms with Crippen molar-refractivity contribution in [1.29, 1.82) is 0 Å². The fraction of sp³-hybridized carbons (Fsp3) is 0.100. The van der Waals surface area contributed by atoms with E-state index in [0.29, 0.717) is 5.56 Å². The summed E-state index contributed by atoms with van der Waals surface area (Å²) in [5, 5.41) is 0.734. The van der Waals surface area contributed by atoms with Gasteiger partial charge in [0.2, 0.25) is 0 Å². The molecule has 3 nitrogen and oxygen atoms in total. The lowest BCUT2D eigenvalue weighted by molar-refractivity contribution is 0.0600. The SMILES string of the molecule is COC(=O)c1cccc(N=Cc2ccc(Sc3ccc(Cl)cc3)s2)c1C. The topological polar surface area (TPSA) is 38.7 Å². The van der Waals surface area contributed by atoms with Crippen LogP contribution < -0.4 is 0 Å². The summed E-state index contributed by atoms with van der Waals surface area (Å²) in [7, 11) is 1.38. The average Bonchev–Trinajstić information content (AvgIpc) is 3.09. The molecular weight excluding hydrogens is 386 g/mol. The van der Waals surface area contributed by atoms with Crippen molar-refractivity contribution in [2.45, 2.75) is 16.0 Å². The molecule has 3 rings (SSSR count). The number of aliphatic imine (C=N–C) groups is 1. The molecule has 3 aromatic rings. The van der Waals surface area contributed by atoms with Gasteiger partial charge >= 0.3 is 5.97 Å². The number of ether oxygens (including phenoxy) is 1. The van der Waals surface area contributed by atoms with E-state index in [1.54, 1.807) is 29.2 Å². The molecule has 0 atom stereocenters. The van der Waals surface area contributed by atoms with Crippen LogP contribution in [0, 0.1) is 6.92 Å². The number of thiophene rings is 1. The molecule has 0 aliphatic heterocycles. The predicted octanol–water partition coefficient (Wildman–Crippen LogP) is 6.40. The van der Waals surface area contributed by atoms with Gasteiger partial charge < -0.3 is 4.74 Å². The Labute approximate surface area is 165 Å². The summed E-state index contributed by atoms with van der Waals surface area (Å²) in [6.45, 7) is 1.87. The van der Waals surface area contributed by atoms with Crippen molar-refractivity contribution < 1.29 is 9.53 Å². The van der Waals surface area contributed by atoms with Gasteiger partial charge in [-0.2, -0.15) is 0 Å². The smallest absolute Gasteiger partial charge is 0.338 e. The van der Waals surface area contributed by atoms with E-state index < -0.39 is 0 Å². The number of carbonyl (C=O) groups excluding carboxylic acids is 1. The Morgan fingerprint density at radius 1 is 1.15 bits per heavy atom. The Hall–Kier alpha value is -2.08. The van der Waals surface area contributed by atoms with Gasteiger partial charge in [-0.3, -0.25) is 4.99 Å². The zero-order valence-corrected chi connectivity index (χ0v) is 16.6. The zero-order valence-electron chi connectivity index (χ0n) is 14.2. The first-order valence-corrected chi connectivity index (χ1v) is 9.83. The molecule has 2 aromatic carbocycles. The van der Waals surface area contributed by atoms with E-state index in [2.05, 4.69) is 11.1 Å². The van der Waals surface area contributed by atoms with E-state index in [1.165, 1.54) is 11.3 Å². The van der Waals surface area contributed by atoms with Gasteiger partial charge in [-0.1, -0.05) is 29.4 Å². The van der Waals surface area contributed by atoms with E-state index in [9.17, 15) is 4.79 Å². The van der Waals surface area contributed by atoms with Gasteiger partial charge in [0.1, 0.15) is 0 Å². The van der Waals surface area contributed by atoms with Crippen molar-refractivity contribution in [3.63, 3.8) is 0 Å². The molecule has 0 amide bonds. The number of rotatable bonds is 5. The molecule has 0 radical (unpaired) electrons. The van der Waals surface area contributed by atoms with Crippen molar-refractivity contribution in [1.82, 2.24) is 0 Å². The zero-order chi connectivity index (χ0) is 18.5. The second-order valence-corrected chi connectivity index (χ2v) is 8.34. The van der Waals surface area contributed by atoms with Crippen LogP contribution in [0.1, 0.15) is 20.8 Å². The Balaban J connectivity index is 1.75. The first kappa shape index (κ1) is 18.7. The molecule has 1 heterocycles. The monoisotopic (exact) mass is 401 g/mol. The van der Waals surface area contributed by atoms with E-state index in [-0.39, 0.29) is 5.97 Å². The minimum Gasteiger partial charge on any atom is -0.465 e. The number of benzene rings is 2. The molecule has 0 saturated carbocycles. The van der Waals surface area contributed by atoms with Crippen molar-refractivity contribution in [3.8, 4) is 0 Å². The summed E-state index contributed by atoms with van der Waals surface area (Å²) in [4.78, 5) is 18.5. The number of hydrogen-bond donors (Lipinski definition) is 0. The summed E-state index contributed by atoms with van der Waals surface area (Å²) in [5.74, 6) is -0.350. The number of methoxy groups -OCH3 is 1. The normalized spacial score (nSPS) is 11.0. The van der Waals surface area contributed by atoms with E-state index in [0.717, 1.165) is 26.0 Å². The van der Waals surface area contributed by atoms with Crippen LogP contribution in [-0.2, 0) is 4.74 Å². The molecule has 1 aromatic heterocycles. The highest BCUT2D eigenvalue weighted by Gasteiger charge is 2.11. The van der Waals surface area contributed by atoms with Crippen molar-refractivity contribution in [2.75, 3.05) is 7.11 Å². The molecule has 0 aliphatic rings. The number of nitrogens with zero attached hydrogens (tertiary/aromatic N) is 1. The van der Waals surface area contributed by atoms with Gasteiger partial charge in [0.25, 0.3) is 0 Å².